The van der Waals surface area contributed by atoms with Gasteiger partial charge in [0.15, 0.2) is 5.78 Å². The fraction of sp³-hybridized carbons (Fsp3) is 0.0667. The lowest BCUT2D eigenvalue weighted by Crippen LogP contribution is -1.97. The minimum absolute atomic E-state index is 0.0509. The van der Waals surface area contributed by atoms with E-state index in [1.807, 2.05) is 30.3 Å². The monoisotopic (exact) mass is 280 g/mol. The highest BCUT2D eigenvalue weighted by molar-refractivity contribution is 5.94. The van der Waals surface area contributed by atoms with E-state index < -0.39 is 0 Å². The molecule has 0 aliphatic rings. The highest BCUT2D eigenvalue weighted by Gasteiger charge is 2.07. The second kappa shape index (κ2) is 5.54. The summed E-state index contributed by atoms with van der Waals surface area (Å²) in [6, 6.07) is 12.9. The molecule has 0 unspecified atom stereocenters. The van der Waals surface area contributed by atoms with E-state index in [-0.39, 0.29) is 17.7 Å². The Labute approximate surface area is 121 Å². The maximum absolute atomic E-state index is 11.3. The summed E-state index contributed by atoms with van der Waals surface area (Å²) in [4.78, 5) is 19.4. The molecule has 2 heterocycles. The number of aromatic nitrogens is 4. The first kappa shape index (κ1) is 13.0. The third-order valence-corrected chi connectivity index (χ3v) is 2.83. The van der Waals surface area contributed by atoms with Crippen LogP contribution in [0.25, 0.3) is 5.69 Å². The van der Waals surface area contributed by atoms with Crippen molar-refractivity contribution >= 4 is 5.78 Å². The van der Waals surface area contributed by atoms with Gasteiger partial charge in [0.05, 0.1) is 5.69 Å². The van der Waals surface area contributed by atoms with E-state index in [9.17, 15) is 4.79 Å². The quantitative estimate of drug-likeness (QED) is 0.687. The molecule has 0 bridgehead atoms. The second-order valence-corrected chi connectivity index (χ2v) is 4.35. The topological polar surface area (TPSA) is 69.9 Å². The number of hydrogen-bond acceptors (Lipinski definition) is 5. The number of ketones is 1. The maximum atomic E-state index is 11.3. The van der Waals surface area contributed by atoms with Crippen molar-refractivity contribution < 1.29 is 9.53 Å². The van der Waals surface area contributed by atoms with Crippen molar-refractivity contribution in [3.8, 4) is 17.6 Å². The molecule has 0 fully saturated rings. The predicted molar refractivity (Wildman–Crippen MR) is 75.7 cm³/mol. The molecule has 0 atom stereocenters. The van der Waals surface area contributed by atoms with Crippen LogP contribution in [0.5, 0.6) is 11.9 Å². The number of Topliss-reactive ketones (excluding diaryl/α,β-unsaturated/α-hetero) is 1. The first-order chi connectivity index (χ1) is 10.2. The third-order valence-electron chi connectivity index (χ3n) is 2.83. The van der Waals surface area contributed by atoms with Gasteiger partial charge in [-0.15, -0.1) is 5.10 Å². The summed E-state index contributed by atoms with van der Waals surface area (Å²) < 4.78 is 7.07. The summed E-state index contributed by atoms with van der Waals surface area (Å²) in [7, 11) is 0. The van der Waals surface area contributed by atoms with Gasteiger partial charge in [0.2, 0.25) is 5.88 Å². The number of pyridine rings is 1. The Hall–Kier alpha value is -3.02. The lowest BCUT2D eigenvalue weighted by Gasteiger charge is -2.01. The van der Waals surface area contributed by atoms with Crippen molar-refractivity contribution in [2.75, 3.05) is 0 Å². The predicted octanol–water partition coefficient (Wildman–Crippen LogP) is 2.66. The van der Waals surface area contributed by atoms with Gasteiger partial charge in [0.25, 0.3) is 0 Å². The summed E-state index contributed by atoms with van der Waals surface area (Å²) in [6.07, 6.45) is 3.07. The van der Waals surface area contributed by atoms with Crippen molar-refractivity contribution in [2.45, 2.75) is 6.92 Å². The fourth-order valence-electron chi connectivity index (χ4n) is 1.78. The highest BCUT2D eigenvalue weighted by Crippen LogP contribution is 2.17. The van der Waals surface area contributed by atoms with Crippen LogP contribution in [0.2, 0.25) is 0 Å². The lowest BCUT2D eigenvalue weighted by atomic mass is 10.2. The number of hydrogen-bond donors (Lipinski definition) is 0. The van der Waals surface area contributed by atoms with Gasteiger partial charge in [-0.25, -0.2) is 9.67 Å². The zero-order valence-electron chi connectivity index (χ0n) is 11.3. The van der Waals surface area contributed by atoms with Crippen LogP contribution in [-0.2, 0) is 0 Å². The average molecular weight is 280 g/mol. The summed E-state index contributed by atoms with van der Waals surface area (Å²) in [5.74, 6) is 0.235. The Bertz CT molecular complexity index is 768. The molecular weight excluding hydrogens is 268 g/mol. The van der Waals surface area contributed by atoms with Gasteiger partial charge in [0.1, 0.15) is 6.33 Å². The van der Waals surface area contributed by atoms with Crippen molar-refractivity contribution in [1.29, 1.82) is 0 Å². The minimum atomic E-state index is -0.0509. The number of rotatable bonds is 4. The second-order valence-electron chi connectivity index (χ2n) is 4.35. The zero-order chi connectivity index (χ0) is 14.7. The molecule has 0 amide bonds. The largest absolute Gasteiger partial charge is 0.404 e. The Morgan fingerprint density at radius 1 is 1.14 bits per heavy atom. The molecular formula is C15H12N4O2. The van der Waals surface area contributed by atoms with Crippen LogP contribution in [0, 0.1) is 0 Å². The molecule has 0 saturated heterocycles. The van der Waals surface area contributed by atoms with Crippen LogP contribution >= 0.6 is 0 Å². The molecule has 21 heavy (non-hydrogen) atoms. The van der Waals surface area contributed by atoms with E-state index in [1.165, 1.54) is 13.1 Å². The molecule has 3 rings (SSSR count). The zero-order valence-corrected chi connectivity index (χ0v) is 11.3. The number of nitrogens with zero attached hydrogens (tertiary/aromatic N) is 4. The molecule has 104 valence electrons. The van der Waals surface area contributed by atoms with Crippen molar-refractivity contribution in [2.24, 2.45) is 0 Å². The van der Waals surface area contributed by atoms with Crippen molar-refractivity contribution in [3.05, 3.63) is 60.6 Å². The Balaban J connectivity index is 1.82. The van der Waals surface area contributed by atoms with Gasteiger partial charge in [0, 0.05) is 17.8 Å². The Morgan fingerprint density at radius 3 is 2.71 bits per heavy atom. The van der Waals surface area contributed by atoms with Crippen LogP contribution in [0.15, 0.2) is 55.0 Å². The third kappa shape index (κ3) is 2.94. The van der Waals surface area contributed by atoms with E-state index in [0.717, 1.165) is 5.69 Å². The van der Waals surface area contributed by atoms with E-state index in [2.05, 4.69) is 15.1 Å². The normalized spacial score (nSPS) is 10.3. The van der Waals surface area contributed by atoms with Crippen LogP contribution in [0.1, 0.15) is 17.3 Å². The van der Waals surface area contributed by atoms with Gasteiger partial charge in [-0.3, -0.25) is 4.79 Å². The molecule has 6 heteroatoms. The molecule has 2 aromatic heterocycles. The SMILES string of the molecule is CC(=O)c1ccnc(Oc2ncn(-c3ccccc3)n2)c1. The van der Waals surface area contributed by atoms with Crippen molar-refractivity contribution in [1.82, 2.24) is 19.7 Å². The summed E-state index contributed by atoms with van der Waals surface area (Å²) >= 11 is 0. The van der Waals surface area contributed by atoms with Crippen LogP contribution in [0.3, 0.4) is 0 Å². The number of carbonyl (C=O) groups is 1. The Kier molecular flexibility index (Phi) is 3.42. The van der Waals surface area contributed by atoms with Gasteiger partial charge < -0.3 is 4.74 Å². The molecule has 0 N–H and O–H groups in total. The summed E-state index contributed by atoms with van der Waals surface area (Å²) in [5, 5.41) is 4.21. The van der Waals surface area contributed by atoms with Gasteiger partial charge in [-0.1, -0.05) is 18.2 Å². The summed E-state index contributed by atoms with van der Waals surface area (Å²) in [5.41, 5.74) is 1.41. The first-order valence-electron chi connectivity index (χ1n) is 6.34. The first-order valence-corrected chi connectivity index (χ1v) is 6.34. The van der Waals surface area contributed by atoms with E-state index in [0.29, 0.717) is 5.56 Å². The lowest BCUT2D eigenvalue weighted by molar-refractivity contribution is 0.101. The molecule has 6 nitrogen and oxygen atoms in total. The van der Waals surface area contributed by atoms with E-state index in [1.54, 1.807) is 23.1 Å². The van der Waals surface area contributed by atoms with Gasteiger partial charge in [-0.05, 0) is 25.1 Å². The van der Waals surface area contributed by atoms with E-state index in [4.69, 9.17) is 4.74 Å². The molecule has 0 aliphatic carbocycles. The van der Waals surface area contributed by atoms with Gasteiger partial charge >= 0.3 is 6.01 Å². The molecule has 0 radical (unpaired) electrons. The number of ether oxygens (including phenoxy) is 1. The number of carbonyl (C=O) groups excluding carboxylic acids is 1. The van der Waals surface area contributed by atoms with Crippen LogP contribution in [-0.4, -0.2) is 25.5 Å². The molecule has 0 aliphatic heterocycles. The number of benzene rings is 1. The minimum Gasteiger partial charge on any atom is -0.404 e. The van der Waals surface area contributed by atoms with E-state index >= 15 is 0 Å². The molecule has 3 aromatic rings. The standard InChI is InChI=1S/C15H12N4O2/c1-11(20)12-7-8-16-14(9-12)21-15-17-10-19(18-15)13-5-3-2-4-6-13/h2-10H,1H3. The molecule has 1 aromatic carbocycles. The van der Waals surface area contributed by atoms with Gasteiger partial charge in [-0.2, -0.15) is 4.98 Å². The maximum Gasteiger partial charge on any atom is 0.342 e. The highest BCUT2D eigenvalue weighted by atomic mass is 16.5. The van der Waals surface area contributed by atoms with Crippen LogP contribution in [0.4, 0.5) is 0 Å². The average Bonchev–Trinajstić information content (AvgIpc) is 2.97. The van der Waals surface area contributed by atoms with Crippen LogP contribution < -0.4 is 4.74 Å². The summed E-state index contributed by atoms with van der Waals surface area (Å²) in [6.45, 7) is 1.49. The fourth-order valence-corrected chi connectivity index (χ4v) is 1.78. The molecule has 0 spiro atoms. The smallest absolute Gasteiger partial charge is 0.342 e. The number of para-hydroxylation sites is 1. The van der Waals surface area contributed by atoms with Crippen molar-refractivity contribution in [3.63, 3.8) is 0 Å². The molecule has 0 saturated carbocycles. The Morgan fingerprint density at radius 2 is 1.95 bits per heavy atom.